The van der Waals surface area contributed by atoms with Gasteiger partial charge in [-0.15, -0.1) is 0 Å². The van der Waals surface area contributed by atoms with Gasteiger partial charge in [0.25, 0.3) is 0 Å². The zero-order valence-corrected chi connectivity index (χ0v) is 28.8. The predicted molar refractivity (Wildman–Crippen MR) is 145 cm³/mol. The third-order valence-electron chi connectivity index (χ3n) is 4.84. The molecule has 0 atom stereocenters. The first-order valence-electron chi connectivity index (χ1n) is 10.5. The monoisotopic (exact) mass is 721 g/mol. The van der Waals surface area contributed by atoms with Gasteiger partial charge in [-0.3, -0.25) is 4.79 Å². The summed E-state index contributed by atoms with van der Waals surface area (Å²) in [5.41, 5.74) is 4.07. The molecular formula is C28H21Cl4NO2Y2-2. The number of carbonyl (C=O) groups is 1. The normalized spacial score (nSPS) is 9.68. The van der Waals surface area contributed by atoms with Gasteiger partial charge in [0.1, 0.15) is 5.75 Å². The Bertz CT molecular complexity index is 1260. The van der Waals surface area contributed by atoms with E-state index in [1.807, 2.05) is 62.4 Å². The number of carbonyl (C=O) groups excluding carboxylic acids is 1. The largest absolute Gasteiger partial charge is 0.491 e. The molecule has 2 radical (unpaired) electrons. The van der Waals surface area contributed by atoms with Crippen LogP contribution in [0.1, 0.15) is 27.0 Å². The van der Waals surface area contributed by atoms with Crippen molar-refractivity contribution in [3.63, 3.8) is 0 Å². The first-order chi connectivity index (χ1) is 16.7. The summed E-state index contributed by atoms with van der Waals surface area (Å²) in [5.74, 6) is 0.471. The van der Waals surface area contributed by atoms with E-state index in [9.17, 15) is 4.79 Å². The number of anilines is 1. The molecule has 0 saturated heterocycles. The average Bonchev–Trinajstić information content (AvgIpc) is 2.82. The summed E-state index contributed by atoms with van der Waals surface area (Å²) in [6.45, 7) is 4.37. The van der Waals surface area contributed by atoms with Crippen molar-refractivity contribution < 1.29 is 74.9 Å². The number of nitrogens with one attached hydrogen (secondary N) is 1. The van der Waals surface area contributed by atoms with Crippen molar-refractivity contribution in [2.75, 3.05) is 5.32 Å². The third kappa shape index (κ3) is 10.9. The molecule has 0 saturated carbocycles. The fraction of sp³-hybridized carbons (Fsp3) is 0.107. The Labute approximate surface area is 288 Å². The van der Waals surface area contributed by atoms with E-state index in [1.54, 1.807) is 12.1 Å². The standard InChI is InChI=1S/C14H10Cl2NO.C14H11Cl2O.2Y/c1-9-5-7-10(8-6-9)17-14(18)13-11(15)3-2-4-12(13)16;1-10-5-7-11(8-6-10)17-9-12-13(15)3-2-4-14(12)16;;/h3-8H,1H3,(H,17,18);3-8H,9H2,1H3;;/q2*-1;;. The maximum atomic E-state index is 12.0. The molecule has 0 aliphatic rings. The molecule has 37 heavy (non-hydrogen) atoms. The van der Waals surface area contributed by atoms with Crippen molar-refractivity contribution in [3.05, 3.63) is 127 Å². The van der Waals surface area contributed by atoms with Crippen LogP contribution < -0.4 is 10.1 Å². The van der Waals surface area contributed by atoms with E-state index in [0.29, 0.717) is 22.3 Å². The van der Waals surface area contributed by atoms with Crippen LogP contribution in [0.4, 0.5) is 5.69 Å². The van der Waals surface area contributed by atoms with Gasteiger partial charge in [-0.2, -0.15) is 82.8 Å². The van der Waals surface area contributed by atoms with Crippen LogP contribution in [0, 0.1) is 26.0 Å². The third-order valence-corrected chi connectivity index (χ3v) is 6.11. The molecule has 9 heteroatoms. The van der Waals surface area contributed by atoms with E-state index in [0.717, 1.165) is 16.9 Å². The second-order valence-corrected chi connectivity index (χ2v) is 9.21. The number of ether oxygens (including phenoxy) is 1. The van der Waals surface area contributed by atoms with Gasteiger partial charge in [-0.25, -0.2) is 0 Å². The molecule has 3 nitrogen and oxygen atoms in total. The Hall–Kier alpha value is -0.482. The number of amides is 1. The molecule has 1 amide bonds. The minimum Gasteiger partial charge on any atom is -0.491 e. The zero-order chi connectivity index (χ0) is 25.4. The molecule has 0 aliphatic carbocycles. The van der Waals surface area contributed by atoms with E-state index in [4.69, 9.17) is 51.1 Å². The summed E-state index contributed by atoms with van der Waals surface area (Å²) >= 11 is 23.9. The van der Waals surface area contributed by atoms with Crippen LogP contribution in [0.3, 0.4) is 0 Å². The number of aryl methyl sites for hydroxylation is 2. The predicted octanol–water partition coefficient (Wildman–Crippen LogP) is 9.03. The van der Waals surface area contributed by atoms with Crippen LogP contribution in [0.5, 0.6) is 5.75 Å². The van der Waals surface area contributed by atoms with Crippen molar-refractivity contribution in [3.8, 4) is 5.75 Å². The van der Waals surface area contributed by atoms with E-state index in [-0.39, 0.29) is 86.9 Å². The molecular weight excluding hydrogens is 702 g/mol. The minimum atomic E-state index is -0.331. The summed E-state index contributed by atoms with van der Waals surface area (Å²) < 4.78 is 5.63. The van der Waals surface area contributed by atoms with Gasteiger partial charge in [-0.1, -0.05) is 61.0 Å². The molecule has 0 fully saturated rings. The van der Waals surface area contributed by atoms with Crippen molar-refractivity contribution >= 4 is 58.0 Å². The quantitative estimate of drug-likeness (QED) is 0.209. The van der Waals surface area contributed by atoms with Crippen molar-refractivity contribution in [2.24, 2.45) is 0 Å². The SMILES string of the molecule is Cc1ccc(NC(=O)c2c(Cl)c[c-]cc2Cl)cc1.Cc1ccc(OCc2c(Cl)c[c-]cc2Cl)cc1.[Y].[Y]. The fourth-order valence-electron chi connectivity index (χ4n) is 2.90. The van der Waals surface area contributed by atoms with Gasteiger partial charge >= 0.3 is 0 Å². The number of hydrogen-bond acceptors (Lipinski definition) is 2. The first-order valence-corrected chi connectivity index (χ1v) is 12.0. The maximum Gasteiger partial charge on any atom is 0.234 e. The topological polar surface area (TPSA) is 38.3 Å². The number of rotatable bonds is 5. The molecule has 0 aromatic heterocycles. The minimum absolute atomic E-state index is 0. The van der Waals surface area contributed by atoms with Crippen molar-refractivity contribution in [1.29, 1.82) is 0 Å². The fourth-order valence-corrected chi connectivity index (χ4v) is 3.93. The number of hydrogen-bond donors (Lipinski definition) is 1. The van der Waals surface area contributed by atoms with E-state index >= 15 is 0 Å². The second-order valence-electron chi connectivity index (χ2n) is 7.58. The Morgan fingerprint density at radius 3 is 1.65 bits per heavy atom. The first kappa shape index (κ1) is 34.5. The molecule has 4 aromatic carbocycles. The summed E-state index contributed by atoms with van der Waals surface area (Å²) in [6.07, 6.45) is 0. The van der Waals surface area contributed by atoms with Crippen molar-refractivity contribution in [1.82, 2.24) is 0 Å². The van der Waals surface area contributed by atoms with Gasteiger partial charge in [0.05, 0.1) is 6.61 Å². The smallest absolute Gasteiger partial charge is 0.234 e. The van der Waals surface area contributed by atoms with Crippen LogP contribution >= 0.6 is 46.4 Å². The molecule has 1 N–H and O–H groups in total. The number of halogens is 4. The molecule has 4 rings (SSSR count). The Kier molecular flexibility index (Phi) is 16.1. The van der Waals surface area contributed by atoms with E-state index < -0.39 is 0 Å². The summed E-state index contributed by atoms with van der Waals surface area (Å²) in [6, 6.07) is 27.3. The van der Waals surface area contributed by atoms with E-state index in [2.05, 4.69) is 17.4 Å². The Balaban J connectivity index is 0.000000351. The Morgan fingerprint density at radius 1 is 0.730 bits per heavy atom. The van der Waals surface area contributed by atoms with Crippen molar-refractivity contribution in [2.45, 2.75) is 20.5 Å². The molecule has 0 aliphatic heterocycles. The zero-order valence-electron chi connectivity index (χ0n) is 20.1. The molecule has 186 valence electrons. The van der Waals surface area contributed by atoms with Gasteiger partial charge in [0.15, 0.2) is 0 Å². The number of benzene rings is 4. The Morgan fingerprint density at radius 2 is 1.16 bits per heavy atom. The van der Waals surface area contributed by atoms with Crippen LogP contribution in [0.2, 0.25) is 20.1 Å². The maximum absolute atomic E-state index is 12.0. The van der Waals surface area contributed by atoms with Gasteiger partial charge < -0.3 is 10.1 Å². The van der Waals surface area contributed by atoms with Gasteiger partial charge in [0.2, 0.25) is 5.91 Å². The second kappa shape index (κ2) is 17.3. The van der Waals surface area contributed by atoms with Gasteiger partial charge in [0, 0.05) is 71.1 Å². The van der Waals surface area contributed by atoms with E-state index in [1.165, 1.54) is 17.7 Å². The van der Waals surface area contributed by atoms with Crippen LogP contribution in [0.15, 0.2) is 72.8 Å². The summed E-state index contributed by atoms with van der Waals surface area (Å²) in [7, 11) is 0. The van der Waals surface area contributed by atoms with Crippen LogP contribution in [-0.2, 0) is 72.0 Å². The average molecular weight is 723 g/mol. The summed E-state index contributed by atoms with van der Waals surface area (Å²) in [5, 5.41) is 4.46. The van der Waals surface area contributed by atoms with Gasteiger partial charge in [-0.05, 0) is 43.7 Å². The summed E-state index contributed by atoms with van der Waals surface area (Å²) in [4.78, 5) is 12.0. The molecule has 0 spiro atoms. The molecule has 0 heterocycles. The van der Waals surface area contributed by atoms with Crippen LogP contribution in [-0.4, -0.2) is 5.91 Å². The molecule has 0 unspecified atom stereocenters. The molecule has 0 bridgehead atoms. The van der Waals surface area contributed by atoms with Crippen LogP contribution in [0.25, 0.3) is 0 Å². The molecule has 4 aromatic rings.